The van der Waals surface area contributed by atoms with Crippen molar-refractivity contribution < 1.29 is 0 Å². The molecule has 0 amide bonds. The molecule has 0 atom stereocenters. The van der Waals surface area contributed by atoms with E-state index in [-0.39, 0.29) is 0 Å². The second-order valence-corrected chi connectivity index (χ2v) is 6.83. The minimum atomic E-state index is 0.647. The summed E-state index contributed by atoms with van der Waals surface area (Å²) in [7, 11) is 2.20. The zero-order valence-electron chi connectivity index (χ0n) is 14.4. The summed E-state index contributed by atoms with van der Waals surface area (Å²) < 4.78 is 0. The lowest BCUT2D eigenvalue weighted by Gasteiger charge is -2.20. The van der Waals surface area contributed by atoms with Crippen LogP contribution in [0, 0.1) is 0 Å². The van der Waals surface area contributed by atoms with Gasteiger partial charge in [-0.15, -0.1) is 11.3 Å². The van der Waals surface area contributed by atoms with Gasteiger partial charge < -0.3 is 15.1 Å². The molecule has 0 fully saturated rings. The molecule has 21 heavy (non-hydrogen) atoms. The lowest BCUT2D eigenvalue weighted by Crippen LogP contribution is -2.27. The van der Waals surface area contributed by atoms with Gasteiger partial charge in [-0.3, -0.25) is 0 Å². The molecule has 4 nitrogen and oxygen atoms in total. The van der Waals surface area contributed by atoms with Crippen LogP contribution in [0.1, 0.15) is 45.4 Å². The molecule has 0 saturated carbocycles. The Morgan fingerprint density at radius 1 is 1.24 bits per heavy atom. The van der Waals surface area contributed by atoms with Gasteiger partial charge in [-0.05, 0) is 60.7 Å². The maximum Gasteiger partial charge on any atom is 0.185 e. The fourth-order valence-electron chi connectivity index (χ4n) is 2.10. The third kappa shape index (κ3) is 6.76. The zero-order valence-corrected chi connectivity index (χ0v) is 15.2. The molecular weight excluding hydrogens is 280 g/mol. The van der Waals surface area contributed by atoms with Gasteiger partial charge >= 0.3 is 0 Å². The molecule has 0 saturated heterocycles. The van der Waals surface area contributed by atoms with E-state index < -0.39 is 0 Å². The molecule has 0 radical (unpaired) electrons. The standard InChI is InChI=1S/C16H32N4S/c1-6-20(7-2)16-18-13-15(21-16)12-17-10-8-9-11-19(5)14(3)4/h13-14,17H,6-12H2,1-5H3. The van der Waals surface area contributed by atoms with Crippen LogP contribution in [-0.4, -0.2) is 49.2 Å². The van der Waals surface area contributed by atoms with Crippen LogP contribution in [0.4, 0.5) is 5.13 Å². The molecule has 0 unspecified atom stereocenters. The Morgan fingerprint density at radius 2 is 1.95 bits per heavy atom. The largest absolute Gasteiger partial charge is 0.349 e. The van der Waals surface area contributed by atoms with Gasteiger partial charge in [0.05, 0.1) is 0 Å². The fraction of sp³-hybridized carbons (Fsp3) is 0.812. The first-order valence-corrected chi connectivity index (χ1v) is 9.00. The van der Waals surface area contributed by atoms with Crippen LogP contribution in [0.15, 0.2) is 6.20 Å². The third-order valence-electron chi connectivity index (χ3n) is 3.87. The van der Waals surface area contributed by atoms with E-state index in [1.54, 1.807) is 11.3 Å². The Bertz CT molecular complexity index is 374. The molecule has 0 aromatic carbocycles. The van der Waals surface area contributed by atoms with E-state index in [2.05, 4.69) is 54.8 Å². The molecule has 122 valence electrons. The molecule has 1 N–H and O–H groups in total. The molecule has 0 aliphatic rings. The number of hydrogen-bond donors (Lipinski definition) is 1. The van der Waals surface area contributed by atoms with Gasteiger partial charge in [0.15, 0.2) is 5.13 Å². The molecule has 0 aliphatic carbocycles. The number of thiazole rings is 1. The first kappa shape index (κ1) is 18.4. The monoisotopic (exact) mass is 312 g/mol. The summed E-state index contributed by atoms with van der Waals surface area (Å²) in [6.45, 7) is 14.1. The zero-order chi connectivity index (χ0) is 15.7. The van der Waals surface area contributed by atoms with Gasteiger partial charge in [-0.1, -0.05) is 0 Å². The molecule has 1 rings (SSSR count). The Labute approximate surface area is 134 Å². The van der Waals surface area contributed by atoms with Crippen molar-refractivity contribution >= 4 is 16.5 Å². The molecule has 1 aromatic heterocycles. The maximum absolute atomic E-state index is 4.51. The number of rotatable bonds is 11. The van der Waals surface area contributed by atoms with Crippen molar-refractivity contribution in [3.63, 3.8) is 0 Å². The average Bonchev–Trinajstić information content (AvgIpc) is 2.92. The highest BCUT2D eigenvalue weighted by Crippen LogP contribution is 2.21. The highest BCUT2D eigenvalue weighted by molar-refractivity contribution is 7.15. The topological polar surface area (TPSA) is 31.4 Å². The van der Waals surface area contributed by atoms with Crippen molar-refractivity contribution in [1.29, 1.82) is 0 Å². The summed E-state index contributed by atoms with van der Waals surface area (Å²) in [5, 5.41) is 4.67. The average molecular weight is 313 g/mol. The molecular formula is C16H32N4S. The normalized spacial score (nSPS) is 11.6. The number of hydrogen-bond acceptors (Lipinski definition) is 5. The Morgan fingerprint density at radius 3 is 2.57 bits per heavy atom. The molecule has 1 heterocycles. The van der Waals surface area contributed by atoms with E-state index in [1.807, 2.05) is 6.20 Å². The molecule has 5 heteroatoms. The lowest BCUT2D eigenvalue weighted by molar-refractivity contribution is 0.268. The van der Waals surface area contributed by atoms with Crippen molar-refractivity contribution in [2.45, 2.75) is 53.1 Å². The van der Waals surface area contributed by atoms with Crippen molar-refractivity contribution in [1.82, 2.24) is 15.2 Å². The van der Waals surface area contributed by atoms with Gasteiger partial charge in [-0.2, -0.15) is 0 Å². The summed E-state index contributed by atoms with van der Waals surface area (Å²) in [6.07, 6.45) is 4.51. The second-order valence-electron chi connectivity index (χ2n) is 5.74. The lowest BCUT2D eigenvalue weighted by atomic mass is 10.2. The Kier molecular flexibility index (Phi) is 8.88. The summed E-state index contributed by atoms with van der Waals surface area (Å²) in [6, 6.07) is 0.647. The Hall–Kier alpha value is -0.650. The van der Waals surface area contributed by atoms with Crippen LogP contribution in [0.5, 0.6) is 0 Å². The van der Waals surface area contributed by atoms with Crippen LogP contribution in [0.3, 0.4) is 0 Å². The summed E-state index contributed by atoms with van der Waals surface area (Å²) >= 11 is 1.81. The molecule has 1 aromatic rings. The third-order valence-corrected chi connectivity index (χ3v) is 4.93. The van der Waals surface area contributed by atoms with Crippen LogP contribution < -0.4 is 10.2 Å². The van der Waals surface area contributed by atoms with E-state index in [9.17, 15) is 0 Å². The number of aromatic nitrogens is 1. The molecule has 0 spiro atoms. The van der Waals surface area contributed by atoms with Gasteiger partial charge in [0.1, 0.15) is 0 Å². The van der Waals surface area contributed by atoms with Gasteiger partial charge in [0, 0.05) is 36.8 Å². The molecule has 0 bridgehead atoms. The van der Waals surface area contributed by atoms with Crippen molar-refractivity contribution in [2.75, 3.05) is 38.1 Å². The van der Waals surface area contributed by atoms with Crippen molar-refractivity contribution in [3.8, 4) is 0 Å². The second kappa shape index (κ2) is 10.1. The first-order chi connectivity index (χ1) is 10.1. The van der Waals surface area contributed by atoms with E-state index in [4.69, 9.17) is 0 Å². The summed E-state index contributed by atoms with van der Waals surface area (Å²) in [4.78, 5) is 10.5. The Balaban J connectivity index is 2.16. The minimum absolute atomic E-state index is 0.647. The number of anilines is 1. The molecule has 0 aliphatic heterocycles. The van der Waals surface area contributed by atoms with Crippen molar-refractivity contribution in [3.05, 3.63) is 11.1 Å². The minimum Gasteiger partial charge on any atom is -0.349 e. The smallest absolute Gasteiger partial charge is 0.185 e. The van der Waals surface area contributed by atoms with E-state index in [1.165, 1.54) is 24.3 Å². The van der Waals surface area contributed by atoms with Crippen molar-refractivity contribution in [2.24, 2.45) is 0 Å². The van der Waals surface area contributed by atoms with Crippen LogP contribution in [-0.2, 0) is 6.54 Å². The van der Waals surface area contributed by atoms with Crippen LogP contribution in [0.2, 0.25) is 0 Å². The highest BCUT2D eigenvalue weighted by atomic mass is 32.1. The van der Waals surface area contributed by atoms with E-state index in [0.717, 1.165) is 31.3 Å². The number of unbranched alkanes of at least 4 members (excludes halogenated alkanes) is 1. The number of nitrogens with zero attached hydrogens (tertiary/aromatic N) is 3. The highest BCUT2D eigenvalue weighted by Gasteiger charge is 2.07. The van der Waals surface area contributed by atoms with Crippen LogP contribution in [0.25, 0.3) is 0 Å². The fourth-order valence-corrected chi connectivity index (χ4v) is 3.11. The summed E-state index contributed by atoms with van der Waals surface area (Å²) in [5.74, 6) is 0. The SMILES string of the molecule is CCN(CC)c1ncc(CNCCCCN(C)C(C)C)s1. The first-order valence-electron chi connectivity index (χ1n) is 8.19. The summed E-state index contributed by atoms with van der Waals surface area (Å²) in [5.41, 5.74) is 0. The van der Waals surface area contributed by atoms with Crippen LogP contribution >= 0.6 is 11.3 Å². The van der Waals surface area contributed by atoms with Gasteiger partial charge in [-0.25, -0.2) is 4.98 Å². The maximum atomic E-state index is 4.51. The quantitative estimate of drug-likeness (QED) is 0.636. The van der Waals surface area contributed by atoms with E-state index >= 15 is 0 Å². The van der Waals surface area contributed by atoms with E-state index in [0.29, 0.717) is 6.04 Å². The predicted octanol–water partition coefficient (Wildman–Crippen LogP) is 3.20. The van der Waals surface area contributed by atoms with Gasteiger partial charge in [0.25, 0.3) is 0 Å². The predicted molar refractivity (Wildman–Crippen MR) is 94.4 cm³/mol. The van der Waals surface area contributed by atoms with Gasteiger partial charge in [0.2, 0.25) is 0 Å². The number of nitrogens with one attached hydrogen (secondary N) is 1.